The number of cyclic esters (lactones) is 1. The predicted molar refractivity (Wildman–Crippen MR) is 122 cm³/mol. The Labute approximate surface area is 190 Å². The standard InChI is InChI=1S/C22H25N3O6S/c1-14(26)23-15-6-8-16(9-7-15)32-11-5-4-10-30-20-12-17-18(13-19(20)25(28)29)24-21(27)31-22(17,2)3/h6-9,12-13H,4-5,10-11H2,1-3H3,(H,23,26)(H,24,27). The number of unbranched alkanes of at least 4 members (excludes halogenated alkanes) is 1. The molecule has 1 aliphatic heterocycles. The summed E-state index contributed by atoms with van der Waals surface area (Å²) in [6.07, 6.45) is 0.941. The molecule has 0 saturated heterocycles. The van der Waals surface area contributed by atoms with Gasteiger partial charge < -0.3 is 14.8 Å². The van der Waals surface area contributed by atoms with Crippen LogP contribution in [0.1, 0.15) is 39.2 Å². The van der Waals surface area contributed by atoms with Gasteiger partial charge in [-0.05, 0) is 62.8 Å². The van der Waals surface area contributed by atoms with Crippen LogP contribution in [0.5, 0.6) is 5.75 Å². The first-order chi connectivity index (χ1) is 15.2. The number of anilines is 2. The van der Waals surface area contributed by atoms with Gasteiger partial charge in [0.1, 0.15) is 5.60 Å². The zero-order valence-electron chi connectivity index (χ0n) is 18.1. The quantitative estimate of drug-likeness (QED) is 0.226. The van der Waals surface area contributed by atoms with Crippen molar-refractivity contribution in [2.45, 2.75) is 44.1 Å². The number of carbonyl (C=O) groups excluding carboxylic acids is 2. The first kappa shape index (κ1) is 23.4. The third-order valence-corrected chi connectivity index (χ3v) is 5.87. The van der Waals surface area contributed by atoms with Gasteiger partial charge in [-0.2, -0.15) is 0 Å². The Morgan fingerprint density at radius 3 is 2.62 bits per heavy atom. The molecule has 0 bridgehead atoms. The SMILES string of the molecule is CC(=O)Nc1ccc(SCCCCOc2cc3c(cc2[N+](=O)[O-])NC(=O)OC3(C)C)cc1. The average molecular weight is 460 g/mol. The Bertz CT molecular complexity index is 1020. The van der Waals surface area contributed by atoms with E-state index in [0.29, 0.717) is 17.9 Å². The summed E-state index contributed by atoms with van der Waals surface area (Å²) in [6, 6.07) is 10.5. The zero-order chi connectivity index (χ0) is 23.3. The molecule has 2 amide bonds. The minimum atomic E-state index is -0.920. The summed E-state index contributed by atoms with van der Waals surface area (Å²) in [5, 5.41) is 16.7. The maximum absolute atomic E-state index is 11.7. The Balaban J connectivity index is 1.53. The number of nitro benzene ring substituents is 1. The molecule has 1 heterocycles. The lowest BCUT2D eigenvalue weighted by Gasteiger charge is -2.32. The van der Waals surface area contributed by atoms with E-state index in [2.05, 4.69) is 10.6 Å². The van der Waals surface area contributed by atoms with Crippen LogP contribution in [0, 0.1) is 10.1 Å². The summed E-state index contributed by atoms with van der Waals surface area (Å²) in [5.74, 6) is 0.912. The van der Waals surface area contributed by atoms with E-state index in [-0.39, 0.29) is 17.3 Å². The molecular formula is C22H25N3O6S. The number of thioether (sulfide) groups is 1. The molecule has 1 aliphatic rings. The van der Waals surface area contributed by atoms with Gasteiger partial charge in [0.25, 0.3) is 0 Å². The number of amides is 2. The number of hydrogen-bond donors (Lipinski definition) is 2. The Morgan fingerprint density at radius 1 is 1.25 bits per heavy atom. The second kappa shape index (κ2) is 9.90. The van der Waals surface area contributed by atoms with Crippen LogP contribution in [-0.2, 0) is 15.1 Å². The molecule has 0 aliphatic carbocycles. The number of rotatable bonds is 9. The molecule has 2 aromatic carbocycles. The largest absolute Gasteiger partial charge is 0.487 e. The van der Waals surface area contributed by atoms with E-state index in [0.717, 1.165) is 29.2 Å². The van der Waals surface area contributed by atoms with Gasteiger partial charge in [0.2, 0.25) is 5.91 Å². The molecule has 10 heteroatoms. The van der Waals surface area contributed by atoms with Gasteiger partial charge in [-0.3, -0.25) is 20.2 Å². The van der Waals surface area contributed by atoms with Crippen molar-refractivity contribution in [1.82, 2.24) is 0 Å². The van der Waals surface area contributed by atoms with Gasteiger partial charge in [0.05, 0.1) is 17.2 Å². The van der Waals surface area contributed by atoms with E-state index in [1.165, 1.54) is 13.0 Å². The van der Waals surface area contributed by atoms with E-state index in [9.17, 15) is 19.7 Å². The van der Waals surface area contributed by atoms with Gasteiger partial charge in [-0.25, -0.2) is 4.79 Å². The minimum Gasteiger partial charge on any atom is -0.487 e. The van der Waals surface area contributed by atoms with E-state index >= 15 is 0 Å². The van der Waals surface area contributed by atoms with Crippen LogP contribution < -0.4 is 15.4 Å². The highest BCUT2D eigenvalue weighted by Gasteiger charge is 2.36. The fourth-order valence-electron chi connectivity index (χ4n) is 3.26. The fraction of sp³-hybridized carbons (Fsp3) is 0.364. The maximum atomic E-state index is 11.7. The van der Waals surface area contributed by atoms with E-state index in [4.69, 9.17) is 9.47 Å². The Hall–Kier alpha value is -3.27. The first-order valence-corrected chi connectivity index (χ1v) is 11.1. The molecule has 3 rings (SSSR count). The fourth-order valence-corrected chi connectivity index (χ4v) is 4.18. The van der Waals surface area contributed by atoms with Crippen LogP contribution in [0.4, 0.5) is 21.9 Å². The van der Waals surface area contributed by atoms with Gasteiger partial charge in [0, 0.05) is 29.1 Å². The monoisotopic (exact) mass is 459 g/mol. The molecule has 170 valence electrons. The number of fused-ring (bicyclic) bond motifs is 1. The van der Waals surface area contributed by atoms with Gasteiger partial charge in [-0.1, -0.05) is 0 Å². The van der Waals surface area contributed by atoms with Crippen molar-refractivity contribution in [3.63, 3.8) is 0 Å². The zero-order valence-corrected chi connectivity index (χ0v) is 18.9. The summed E-state index contributed by atoms with van der Waals surface area (Å²) in [7, 11) is 0. The molecule has 0 atom stereocenters. The molecule has 0 fully saturated rings. The molecule has 9 nitrogen and oxygen atoms in total. The smallest absolute Gasteiger partial charge is 0.412 e. The second-order valence-electron chi connectivity index (χ2n) is 7.76. The number of nitro groups is 1. The van der Waals surface area contributed by atoms with Gasteiger partial charge in [0.15, 0.2) is 5.75 Å². The summed E-state index contributed by atoms with van der Waals surface area (Å²) >= 11 is 1.69. The minimum absolute atomic E-state index is 0.106. The van der Waals surface area contributed by atoms with Crippen LogP contribution >= 0.6 is 11.8 Å². The topological polar surface area (TPSA) is 120 Å². The normalized spacial score (nSPS) is 14.0. The van der Waals surface area contributed by atoms with Crippen LogP contribution in [0.3, 0.4) is 0 Å². The van der Waals surface area contributed by atoms with Crippen molar-refractivity contribution in [2.24, 2.45) is 0 Å². The molecule has 0 aromatic heterocycles. The highest BCUT2D eigenvalue weighted by atomic mass is 32.2. The van der Waals surface area contributed by atoms with Crippen LogP contribution in [-0.4, -0.2) is 29.3 Å². The van der Waals surface area contributed by atoms with Crippen LogP contribution in [0.2, 0.25) is 0 Å². The lowest BCUT2D eigenvalue weighted by Crippen LogP contribution is -2.34. The number of nitrogens with zero attached hydrogens (tertiary/aromatic N) is 1. The molecule has 0 unspecified atom stereocenters. The summed E-state index contributed by atoms with van der Waals surface area (Å²) in [6.45, 7) is 5.24. The lowest BCUT2D eigenvalue weighted by molar-refractivity contribution is -0.385. The molecule has 0 spiro atoms. The highest BCUT2D eigenvalue weighted by molar-refractivity contribution is 7.99. The van der Waals surface area contributed by atoms with E-state index < -0.39 is 16.6 Å². The van der Waals surface area contributed by atoms with E-state index in [1.54, 1.807) is 31.7 Å². The van der Waals surface area contributed by atoms with Crippen molar-refractivity contribution in [1.29, 1.82) is 0 Å². The summed E-state index contributed by atoms with van der Waals surface area (Å²) in [4.78, 5) is 34.8. The average Bonchev–Trinajstić information content (AvgIpc) is 2.70. The van der Waals surface area contributed by atoms with Crippen molar-refractivity contribution >= 4 is 40.8 Å². The van der Waals surface area contributed by atoms with Crippen molar-refractivity contribution < 1.29 is 24.0 Å². The molecule has 2 N–H and O–H groups in total. The van der Waals surface area contributed by atoms with Crippen LogP contribution in [0.25, 0.3) is 0 Å². The number of benzene rings is 2. The number of ether oxygens (including phenoxy) is 2. The summed E-state index contributed by atoms with van der Waals surface area (Å²) < 4.78 is 11.0. The predicted octanol–water partition coefficient (Wildman–Crippen LogP) is 5.30. The number of hydrogen-bond acceptors (Lipinski definition) is 7. The third kappa shape index (κ3) is 5.91. The van der Waals surface area contributed by atoms with E-state index in [1.807, 2.05) is 24.3 Å². The Kier molecular flexibility index (Phi) is 7.24. The molecule has 0 saturated carbocycles. The molecule has 2 aromatic rings. The lowest BCUT2D eigenvalue weighted by atomic mass is 9.94. The number of nitrogens with one attached hydrogen (secondary N) is 2. The van der Waals surface area contributed by atoms with Crippen molar-refractivity contribution in [2.75, 3.05) is 23.0 Å². The van der Waals surface area contributed by atoms with Crippen molar-refractivity contribution in [3.8, 4) is 5.75 Å². The Morgan fingerprint density at radius 2 is 1.97 bits per heavy atom. The van der Waals surface area contributed by atoms with Crippen molar-refractivity contribution in [3.05, 3.63) is 52.1 Å². The first-order valence-electron chi connectivity index (χ1n) is 10.1. The van der Waals surface area contributed by atoms with Crippen LogP contribution in [0.15, 0.2) is 41.3 Å². The van der Waals surface area contributed by atoms with Gasteiger partial charge >= 0.3 is 11.8 Å². The second-order valence-corrected chi connectivity index (χ2v) is 8.93. The third-order valence-electron chi connectivity index (χ3n) is 4.77. The highest BCUT2D eigenvalue weighted by Crippen LogP contribution is 2.42. The molecule has 32 heavy (non-hydrogen) atoms. The molecule has 0 radical (unpaired) electrons. The number of carbonyl (C=O) groups is 2. The molecular weight excluding hydrogens is 434 g/mol. The summed E-state index contributed by atoms with van der Waals surface area (Å²) in [5.41, 5.74) is 0.615. The maximum Gasteiger partial charge on any atom is 0.412 e. The van der Waals surface area contributed by atoms with Gasteiger partial charge in [-0.15, -0.1) is 11.8 Å².